The van der Waals surface area contributed by atoms with Gasteiger partial charge in [0.2, 0.25) is 11.7 Å². The third kappa shape index (κ3) is 3.17. The first-order valence-corrected chi connectivity index (χ1v) is 8.92. The second-order valence-corrected chi connectivity index (χ2v) is 6.72. The highest BCUT2D eigenvalue weighted by atomic mass is 35.5. The molecule has 1 amide bonds. The molecule has 154 valence electrons. The third-order valence-corrected chi connectivity index (χ3v) is 4.79. The van der Waals surface area contributed by atoms with Crippen LogP contribution in [-0.4, -0.2) is 31.4 Å². The van der Waals surface area contributed by atoms with Crippen molar-refractivity contribution in [2.24, 2.45) is 5.92 Å². The normalized spacial score (nSPS) is 16.2. The molecule has 1 unspecified atom stereocenters. The number of Topliss-reactive ketones (excluding diaryl/α,β-unsaturated/α-hetero) is 1. The number of amides is 1. The molecule has 0 bridgehead atoms. The summed E-state index contributed by atoms with van der Waals surface area (Å²) < 4.78 is 39.4. The summed E-state index contributed by atoms with van der Waals surface area (Å²) in [6.45, 7) is -3.01. The van der Waals surface area contributed by atoms with E-state index in [0.29, 0.717) is 10.4 Å². The highest BCUT2D eigenvalue weighted by Crippen LogP contribution is 2.44. The molecule has 1 aliphatic heterocycles. The Morgan fingerprint density at radius 1 is 1.17 bits per heavy atom. The predicted octanol–water partition coefficient (Wildman–Crippen LogP) is 4.34. The number of methoxy groups -OCH3 is 1. The number of halogens is 3. The summed E-state index contributed by atoms with van der Waals surface area (Å²) >= 11 is 6.06. The van der Waals surface area contributed by atoms with Crippen LogP contribution >= 0.6 is 11.6 Å². The van der Waals surface area contributed by atoms with Crippen LogP contribution in [0.5, 0.6) is 5.75 Å². The maximum atomic E-state index is 13.2. The van der Waals surface area contributed by atoms with E-state index in [9.17, 15) is 23.2 Å². The number of carbonyl (C=O) groups is 3. The Bertz CT molecular complexity index is 1170. The van der Waals surface area contributed by atoms with Crippen molar-refractivity contribution >= 4 is 51.6 Å². The molecule has 0 radical (unpaired) electrons. The molecule has 0 aliphatic carbocycles. The number of esters is 1. The van der Waals surface area contributed by atoms with Crippen LogP contribution in [0, 0.1) is 5.92 Å². The van der Waals surface area contributed by atoms with Gasteiger partial charge in [0.25, 0.3) is 5.91 Å². The second kappa shape index (κ2) is 7.42. The SMILES string of the molecule is COC(=O)C1C(=O)c2oc3ccc(Cl)cc3c2N(c2ccc(OC(F)F)cc2)C1=O. The fourth-order valence-electron chi connectivity index (χ4n) is 3.29. The van der Waals surface area contributed by atoms with E-state index >= 15 is 0 Å². The van der Waals surface area contributed by atoms with Crippen molar-refractivity contribution in [2.45, 2.75) is 6.61 Å². The topological polar surface area (TPSA) is 86.1 Å². The molecule has 0 N–H and O–H groups in total. The van der Waals surface area contributed by atoms with Crippen LogP contribution in [0.25, 0.3) is 11.0 Å². The zero-order valence-electron chi connectivity index (χ0n) is 15.2. The van der Waals surface area contributed by atoms with Crippen LogP contribution in [-0.2, 0) is 14.3 Å². The lowest BCUT2D eigenvalue weighted by Crippen LogP contribution is -2.45. The van der Waals surface area contributed by atoms with Crippen molar-refractivity contribution in [3.63, 3.8) is 0 Å². The lowest BCUT2D eigenvalue weighted by molar-refractivity contribution is -0.147. The Morgan fingerprint density at radius 2 is 1.87 bits per heavy atom. The summed E-state index contributed by atoms with van der Waals surface area (Å²) in [5.41, 5.74) is 0.579. The Morgan fingerprint density at radius 3 is 2.50 bits per heavy atom. The van der Waals surface area contributed by atoms with Gasteiger partial charge in [-0.3, -0.25) is 19.3 Å². The van der Waals surface area contributed by atoms with E-state index in [2.05, 4.69) is 9.47 Å². The van der Waals surface area contributed by atoms with Gasteiger partial charge in [-0.2, -0.15) is 8.78 Å². The molecule has 30 heavy (non-hydrogen) atoms. The third-order valence-electron chi connectivity index (χ3n) is 4.56. The number of anilines is 2. The van der Waals surface area contributed by atoms with Gasteiger partial charge in [0, 0.05) is 16.1 Å². The lowest BCUT2D eigenvalue weighted by Gasteiger charge is -2.29. The monoisotopic (exact) mass is 435 g/mol. The van der Waals surface area contributed by atoms with Crippen molar-refractivity contribution in [2.75, 3.05) is 12.0 Å². The number of ether oxygens (including phenoxy) is 2. The lowest BCUT2D eigenvalue weighted by atomic mass is 9.93. The van der Waals surface area contributed by atoms with E-state index in [1.54, 1.807) is 6.07 Å². The van der Waals surface area contributed by atoms with Gasteiger partial charge in [-0.1, -0.05) is 11.6 Å². The highest BCUT2D eigenvalue weighted by Gasteiger charge is 2.48. The number of nitrogens with zero attached hydrogens (tertiary/aromatic N) is 1. The summed E-state index contributed by atoms with van der Waals surface area (Å²) in [6.07, 6.45) is 0. The predicted molar refractivity (Wildman–Crippen MR) is 101 cm³/mol. The molecule has 0 saturated carbocycles. The Labute approximate surface area is 172 Å². The quantitative estimate of drug-likeness (QED) is 0.447. The zero-order valence-corrected chi connectivity index (χ0v) is 16.0. The molecule has 0 saturated heterocycles. The van der Waals surface area contributed by atoms with Gasteiger partial charge in [0.05, 0.1) is 7.11 Å². The zero-order chi connectivity index (χ0) is 21.6. The molecule has 1 aliphatic rings. The van der Waals surface area contributed by atoms with Crippen LogP contribution in [0.4, 0.5) is 20.2 Å². The number of furan rings is 1. The van der Waals surface area contributed by atoms with E-state index in [0.717, 1.165) is 12.0 Å². The molecule has 2 aromatic carbocycles. The molecule has 0 fully saturated rings. The van der Waals surface area contributed by atoms with Gasteiger partial charge in [-0.05, 0) is 42.5 Å². The first kappa shape index (κ1) is 19.8. The minimum atomic E-state index is -3.01. The second-order valence-electron chi connectivity index (χ2n) is 6.29. The van der Waals surface area contributed by atoms with Crippen molar-refractivity contribution in [1.29, 1.82) is 0 Å². The van der Waals surface area contributed by atoms with Gasteiger partial charge >= 0.3 is 12.6 Å². The number of rotatable bonds is 4. The van der Waals surface area contributed by atoms with Gasteiger partial charge in [-0.15, -0.1) is 0 Å². The van der Waals surface area contributed by atoms with Crippen molar-refractivity contribution in [3.8, 4) is 5.75 Å². The molecule has 3 aromatic rings. The van der Waals surface area contributed by atoms with Gasteiger partial charge < -0.3 is 13.9 Å². The molecular weight excluding hydrogens is 424 g/mol. The summed E-state index contributed by atoms with van der Waals surface area (Å²) in [7, 11) is 1.05. The first-order valence-electron chi connectivity index (χ1n) is 8.54. The minimum Gasteiger partial charge on any atom is -0.468 e. The number of ketones is 1. The van der Waals surface area contributed by atoms with Crippen LogP contribution < -0.4 is 9.64 Å². The fourth-order valence-corrected chi connectivity index (χ4v) is 3.46. The maximum Gasteiger partial charge on any atom is 0.387 e. The molecule has 7 nitrogen and oxygen atoms in total. The van der Waals surface area contributed by atoms with Gasteiger partial charge in [0.15, 0.2) is 5.76 Å². The minimum absolute atomic E-state index is 0.102. The molecule has 4 rings (SSSR count). The molecular formula is C20H12ClF2NO6. The standard InChI is InChI=1S/C20H12ClF2NO6/c1-28-19(27)14-16(25)17-15(12-8-9(21)2-7-13(12)30-17)24(18(14)26)10-3-5-11(6-4-10)29-20(22)23/h2-8,14,20H,1H3. The van der Waals surface area contributed by atoms with Gasteiger partial charge in [-0.25, -0.2) is 0 Å². The average molecular weight is 436 g/mol. The Hall–Kier alpha value is -3.46. The van der Waals surface area contributed by atoms with E-state index in [1.807, 2.05) is 0 Å². The number of carbonyl (C=O) groups excluding carboxylic acids is 3. The van der Waals surface area contributed by atoms with Crippen LogP contribution in [0.3, 0.4) is 0 Å². The summed E-state index contributed by atoms with van der Waals surface area (Å²) in [6, 6.07) is 9.72. The first-order chi connectivity index (χ1) is 14.3. The van der Waals surface area contributed by atoms with E-state index in [-0.39, 0.29) is 28.5 Å². The van der Waals surface area contributed by atoms with Crippen molar-refractivity contribution < 1.29 is 37.1 Å². The van der Waals surface area contributed by atoms with E-state index < -0.39 is 30.2 Å². The van der Waals surface area contributed by atoms with Gasteiger partial charge in [0.1, 0.15) is 17.0 Å². The smallest absolute Gasteiger partial charge is 0.387 e. The molecule has 10 heteroatoms. The Kier molecular flexibility index (Phi) is 4.90. The largest absolute Gasteiger partial charge is 0.468 e. The van der Waals surface area contributed by atoms with E-state index in [1.165, 1.54) is 36.4 Å². The number of benzene rings is 2. The fraction of sp³-hybridized carbons (Fsp3) is 0.150. The number of alkyl halides is 2. The van der Waals surface area contributed by atoms with Crippen LogP contribution in [0.2, 0.25) is 5.02 Å². The van der Waals surface area contributed by atoms with E-state index in [4.69, 9.17) is 16.0 Å². The molecule has 1 atom stereocenters. The Balaban J connectivity index is 1.92. The summed E-state index contributed by atoms with van der Waals surface area (Å²) in [4.78, 5) is 39.3. The van der Waals surface area contributed by atoms with Crippen molar-refractivity contribution in [1.82, 2.24) is 0 Å². The summed E-state index contributed by atoms with van der Waals surface area (Å²) in [5, 5.41) is 0.706. The average Bonchev–Trinajstić information content (AvgIpc) is 3.07. The number of fused-ring (bicyclic) bond motifs is 3. The number of hydrogen-bond acceptors (Lipinski definition) is 6. The number of hydrogen-bond donors (Lipinski definition) is 0. The maximum absolute atomic E-state index is 13.2. The summed E-state index contributed by atoms with van der Waals surface area (Å²) in [5.74, 6) is -4.87. The molecule has 1 aromatic heterocycles. The van der Waals surface area contributed by atoms with Crippen LogP contribution in [0.1, 0.15) is 10.6 Å². The van der Waals surface area contributed by atoms with Crippen LogP contribution in [0.15, 0.2) is 46.9 Å². The highest BCUT2D eigenvalue weighted by molar-refractivity contribution is 6.35. The molecule has 0 spiro atoms. The molecule has 2 heterocycles. The van der Waals surface area contributed by atoms with Crippen molar-refractivity contribution in [3.05, 3.63) is 53.2 Å².